The summed E-state index contributed by atoms with van der Waals surface area (Å²) in [5.74, 6) is -1.74. The van der Waals surface area contributed by atoms with Gasteiger partial charge < -0.3 is 46.0 Å². The predicted molar refractivity (Wildman–Crippen MR) is 117 cm³/mol. The molecule has 11 nitrogen and oxygen atoms in total. The van der Waals surface area contributed by atoms with Crippen LogP contribution >= 0.6 is 0 Å². The topological polar surface area (TPSA) is 216 Å². The van der Waals surface area contributed by atoms with Crippen LogP contribution in [0, 0.1) is 5.41 Å². The lowest BCUT2D eigenvalue weighted by Gasteiger charge is -2.24. The molecule has 0 heterocycles. The second-order valence-electron chi connectivity index (χ2n) is 7.62. The number of aliphatic hydroxyl groups excluding tert-OH is 7. The van der Waals surface area contributed by atoms with Gasteiger partial charge in [0.25, 0.3) is 0 Å². The zero-order valence-electron chi connectivity index (χ0n) is 19.1. The van der Waals surface area contributed by atoms with Crippen LogP contribution in [-0.2, 0) is 9.59 Å². The van der Waals surface area contributed by atoms with Gasteiger partial charge in [0.05, 0.1) is 38.6 Å². The molecule has 0 bridgehead atoms. The first-order chi connectivity index (χ1) is 15.1. The number of unbranched alkanes of at least 4 members (excludes halogenated alkanes) is 3. The van der Waals surface area contributed by atoms with Crippen molar-refractivity contribution in [2.75, 3.05) is 33.0 Å². The number of hydrogen-bond acceptors (Lipinski definition) is 9. The summed E-state index contributed by atoms with van der Waals surface area (Å²) < 4.78 is 0. The molecule has 9 N–H and O–H groups in total. The van der Waals surface area contributed by atoms with E-state index >= 15 is 0 Å². The fraction of sp³-hybridized carbons (Fsp3) is 0.905. The molecule has 0 aliphatic rings. The summed E-state index contributed by atoms with van der Waals surface area (Å²) in [7, 11) is 0. The zero-order chi connectivity index (χ0) is 25.4. The Bertz CT molecular complexity index is 394. The van der Waals surface area contributed by atoms with Crippen LogP contribution in [0.15, 0.2) is 0 Å². The highest BCUT2D eigenvalue weighted by molar-refractivity contribution is 5.67. The second kappa shape index (κ2) is 24.3. The van der Waals surface area contributed by atoms with Gasteiger partial charge in [0, 0.05) is 31.3 Å². The van der Waals surface area contributed by atoms with Crippen LogP contribution in [0.4, 0.5) is 0 Å². The summed E-state index contributed by atoms with van der Waals surface area (Å²) in [4.78, 5) is 19.8. The fourth-order valence-electron chi connectivity index (χ4n) is 2.21. The lowest BCUT2D eigenvalue weighted by atomic mass is 9.88. The summed E-state index contributed by atoms with van der Waals surface area (Å²) in [6, 6.07) is 0. The van der Waals surface area contributed by atoms with E-state index in [1.54, 1.807) is 0 Å². The Kier molecular flexibility index (Phi) is 26.8. The molecule has 2 unspecified atom stereocenters. The van der Waals surface area contributed by atoms with Gasteiger partial charge in [-0.3, -0.25) is 9.59 Å². The molecule has 0 aromatic heterocycles. The predicted octanol–water partition coefficient (Wildman–Crippen LogP) is -0.281. The van der Waals surface area contributed by atoms with E-state index in [0.717, 1.165) is 19.3 Å². The summed E-state index contributed by atoms with van der Waals surface area (Å²) in [6.07, 6.45) is 3.61. The zero-order valence-corrected chi connectivity index (χ0v) is 19.1. The van der Waals surface area contributed by atoms with E-state index in [2.05, 4.69) is 0 Å². The molecule has 0 aromatic rings. The molecule has 0 saturated carbocycles. The minimum atomic E-state index is -0.870. The van der Waals surface area contributed by atoms with Gasteiger partial charge in [-0.2, -0.15) is 0 Å². The Morgan fingerprint density at radius 2 is 1.19 bits per heavy atom. The van der Waals surface area contributed by atoms with Crippen LogP contribution in [0.5, 0.6) is 0 Å². The van der Waals surface area contributed by atoms with Crippen molar-refractivity contribution >= 4 is 11.9 Å². The van der Waals surface area contributed by atoms with Crippen molar-refractivity contribution in [3.05, 3.63) is 0 Å². The van der Waals surface area contributed by atoms with Crippen LogP contribution in [0.25, 0.3) is 0 Å². The highest BCUT2D eigenvalue weighted by Crippen LogP contribution is 2.18. The van der Waals surface area contributed by atoms with Crippen LogP contribution < -0.4 is 0 Å². The Balaban J connectivity index is -0.000000403. The van der Waals surface area contributed by atoms with E-state index in [9.17, 15) is 14.7 Å². The number of hydrogen-bond donors (Lipinski definition) is 9. The van der Waals surface area contributed by atoms with E-state index in [0.29, 0.717) is 25.7 Å². The highest BCUT2D eigenvalue weighted by Gasteiger charge is 2.24. The van der Waals surface area contributed by atoms with Crippen molar-refractivity contribution in [3.63, 3.8) is 0 Å². The monoisotopic (exact) mass is 472 g/mol. The molecule has 32 heavy (non-hydrogen) atoms. The Morgan fingerprint density at radius 1 is 0.719 bits per heavy atom. The third-order valence-electron chi connectivity index (χ3n) is 4.74. The standard InChI is InChI=1S/C9H20O4.C6H10O4.C6H14O3/c10-5-3-1-2-4-8(12)6-9(13)7-11;7-5(8)3-1-2-4-6(9)10;1-2-6(3-7,4-8)5-9/h8-13H,1-7H2;1-4H2,(H,7,8)(H,9,10);7-9H,2-5H2,1H3. The van der Waals surface area contributed by atoms with Gasteiger partial charge >= 0.3 is 11.9 Å². The Morgan fingerprint density at radius 3 is 1.47 bits per heavy atom. The smallest absolute Gasteiger partial charge is 0.303 e. The van der Waals surface area contributed by atoms with Crippen LogP contribution in [0.1, 0.15) is 71.1 Å². The molecular weight excluding hydrogens is 428 g/mol. The van der Waals surface area contributed by atoms with E-state index in [1.165, 1.54) is 0 Å². The third-order valence-corrected chi connectivity index (χ3v) is 4.74. The van der Waals surface area contributed by atoms with Crippen molar-refractivity contribution in [2.45, 2.75) is 83.3 Å². The van der Waals surface area contributed by atoms with Crippen LogP contribution in [0.3, 0.4) is 0 Å². The molecule has 0 aromatic carbocycles. The van der Waals surface area contributed by atoms with Crippen LogP contribution in [-0.4, -0.2) is 103 Å². The minimum Gasteiger partial charge on any atom is -0.481 e. The number of rotatable bonds is 17. The molecule has 2 atom stereocenters. The van der Waals surface area contributed by atoms with Crippen molar-refractivity contribution < 1.29 is 55.5 Å². The molecule has 0 radical (unpaired) electrons. The number of carbonyl (C=O) groups is 2. The first-order valence-electron chi connectivity index (χ1n) is 10.9. The average Bonchev–Trinajstić information content (AvgIpc) is 2.77. The molecule has 0 fully saturated rings. The molecular formula is C21H44O11. The Hall–Kier alpha value is -1.34. The van der Waals surface area contributed by atoms with E-state index in [4.69, 9.17) is 40.9 Å². The summed E-state index contributed by atoms with van der Waals surface area (Å²) in [6.45, 7) is 1.25. The quantitative estimate of drug-likeness (QED) is 0.125. The molecule has 0 saturated heterocycles. The first-order valence-corrected chi connectivity index (χ1v) is 10.9. The maximum atomic E-state index is 9.90. The molecule has 194 valence electrons. The van der Waals surface area contributed by atoms with Gasteiger partial charge in [0.1, 0.15) is 0 Å². The highest BCUT2D eigenvalue weighted by atomic mass is 16.4. The summed E-state index contributed by atoms with van der Waals surface area (Å²) in [5, 5.41) is 77.5. The molecule has 0 aliphatic heterocycles. The van der Waals surface area contributed by atoms with Crippen LogP contribution in [0.2, 0.25) is 0 Å². The molecule has 0 rings (SSSR count). The normalized spacial score (nSPS) is 12.6. The van der Waals surface area contributed by atoms with E-state index < -0.39 is 29.6 Å². The van der Waals surface area contributed by atoms with Gasteiger partial charge in [0.2, 0.25) is 0 Å². The van der Waals surface area contributed by atoms with Gasteiger partial charge in [-0.05, 0) is 32.1 Å². The number of aliphatic hydroxyl groups is 7. The minimum absolute atomic E-state index is 0.0628. The SMILES string of the molecule is CCC(CO)(CO)CO.O=C(O)CCCCC(=O)O.OCCCCCC(O)CC(O)CO. The average molecular weight is 473 g/mol. The maximum Gasteiger partial charge on any atom is 0.303 e. The number of carboxylic acids is 2. The van der Waals surface area contributed by atoms with Gasteiger partial charge in [-0.1, -0.05) is 19.8 Å². The van der Waals surface area contributed by atoms with Crippen molar-refractivity contribution in [3.8, 4) is 0 Å². The van der Waals surface area contributed by atoms with E-state index in [-0.39, 0.29) is 52.3 Å². The first kappa shape index (κ1) is 35.3. The molecule has 0 spiro atoms. The maximum absolute atomic E-state index is 9.90. The lowest BCUT2D eigenvalue weighted by molar-refractivity contribution is -0.139. The largest absolute Gasteiger partial charge is 0.481 e. The van der Waals surface area contributed by atoms with Gasteiger partial charge in [0.15, 0.2) is 0 Å². The fourth-order valence-corrected chi connectivity index (χ4v) is 2.21. The second-order valence-corrected chi connectivity index (χ2v) is 7.62. The van der Waals surface area contributed by atoms with Crippen molar-refractivity contribution in [1.82, 2.24) is 0 Å². The molecule has 11 heteroatoms. The van der Waals surface area contributed by atoms with Crippen molar-refractivity contribution in [1.29, 1.82) is 0 Å². The molecule has 0 amide bonds. The lowest BCUT2D eigenvalue weighted by Crippen LogP contribution is -2.32. The molecule has 0 aliphatic carbocycles. The summed E-state index contributed by atoms with van der Waals surface area (Å²) in [5.41, 5.74) is -0.667. The van der Waals surface area contributed by atoms with Gasteiger partial charge in [-0.25, -0.2) is 0 Å². The number of aliphatic carboxylic acids is 2. The van der Waals surface area contributed by atoms with E-state index in [1.807, 2.05) is 6.92 Å². The van der Waals surface area contributed by atoms with Crippen molar-refractivity contribution in [2.24, 2.45) is 5.41 Å². The Labute approximate surface area is 190 Å². The third kappa shape index (κ3) is 24.9. The van der Waals surface area contributed by atoms with Gasteiger partial charge in [-0.15, -0.1) is 0 Å². The summed E-state index contributed by atoms with van der Waals surface area (Å²) >= 11 is 0. The number of carboxylic acid groups (broad SMARTS) is 2.